The van der Waals surface area contributed by atoms with Gasteiger partial charge in [-0.3, -0.25) is 9.59 Å². The average Bonchev–Trinajstić information content (AvgIpc) is 2.73. The number of carbonyl (C=O) groups excluding carboxylic acids is 2. The first-order valence-electron chi connectivity index (χ1n) is 9.93. The van der Waals surface area contributed by atoms with Crippen LogP contribution < -0.4 is 10.1 Å². The molecule has 29 heavy (non-hydrogen) atoms. The summed E-state index contributed by atoms with van der Waals surface area (Å²) < 4.78 is 5.84. The van der Waals surface area contributed by atoms with Crippen molar-refractivity contribution in [2.75, 3.05) is 18.5 Å². The Morgan fingerprint density at radius 3 is 2.90 bits per heavy atom. The van der Waals surface area contributed by atoms with E-state index in [9.17, 15) is 9.59 Å². The van der Waals surface area contributed by atoms with Crippen LogP contribution >= 0.6 is 11.6 Å². The van der Waals surface area contributed by atoms with Crippen molar-refractivity contribution in [3.05, 3.63) is 64.7 Å². The molecule has 0 saturated carbocycles. The van der Waals surface area contributed by atoms with Gasteiger partial charge in [0.05, 0.1) is 12.2 Å². The van der Waals surface area contributed by atoms with Crippen LogP contribution in [-0.2, 0) is 4.79 Å². The van der Waals surface area contributed by atoms with E-state index in [4.69, 9.17) is 16.3 Å². The highest BCUT2D eigenvalue weighted by atomic mass is 35.5. The number of amides is 2. The second-order valence-electron chi connectivity index (χ2n) is 7.34. The maximum atomic E-state index is 13.1. The van der Waals surface area contributed by atoms with Crippen molar-refractivity contribution in [3.63, 3.8) is 0 Å². The van der Waals surface area contributed by atoms with Gasteiger partial charge in [0.25, 0.3) is 5.91 Å². The number of anilines is 1. The number of hydrogen-bond donors (Lipinski definition) is 1. The smallest absolute Gasteiger partial charge is 0.257 e. The predicted molar refractivity (Wildman–Crippen MR) is 114 cm³/mol. The maximum absolute atomic E-state index is 13.1. The van der Waals surface area contributed by atoms with E-state index < -0.39 is 0 Å². The van der Waals surface area contributed by atoms with Crippen LogP contribution in [0, 0.1) is 0 Å². The predicted octanol–water partition coefficient (Wildman–Crippen LogP) is 4.77. The second-order valence-corrected chi connectivity index (χ2v) is 7.75. The number of nitrogens with one attached hydrogen (secondary N) is 1. The van der Waals surface area contributed by atoms with Crippen LogP contribution in [0.5, 0.6) is 5.75 Å². The second kappa shape index (κ2) is 8.70. The van der Waals surface area contributed by atoms with Crippen molar-refractivity contribution in [3.8, 4) is 5.75 Å². The van der Waals surface area contributed by atoms with E-state index in [2.05, 4.69) is 5.32 Å². The van der Waals surface area contributed by atoms with Crippen LogP contribution in [-0.4, -0.2) is 35.9 Å². The lowest BCUT2D eigenvalue weighted by Gasteiger charge is -2.37. The maximum Gasteiger partial charge on any atom is 0.257 e. The fourth-order valence-electron chi connectivity index (χ4n) is 3.89. The topological polar surface area (TPSA) is 58.6 Å². The first-order valence-corrected chi connectivity index (χ1v) is 10.3. The molecule has 0 aliphatic carbocycles. The molecular formula is C23H23ClN2O3. The number of hydrogen-bond acceptors (Lipinski definition) is 3. The standard InChI is InChI=1S/C23H23ClN2O3/c24-20-7-2-1-5-16(20)8-11-22(27)25-17-9-10-21-19(15-17)23(28)26-13-4-3-6-18(26)12-14-29-21/h1-2,5,7-11,15,18H,3-4,6,12-14H2,(H,25,27)/b11-8+. The zero-order valence-corrected chi connectivity index (χ0v) is 16.8. The van der Waals surface area contributed by atoms with Gasteiger partial charge in [0.1, 0.15) is 5.75 Å². The average molecular weight is 411 g/mol. The van der Waals surface area contributed by atoms with Gasteiger partial charge in [-0.1, -0.05) is 29.8 Å². The van der Waals surface area contributed by atoms with Gasteiger partial charge in [0.2, 0.25) is 5.91 Å². The minimum absolute atomic E-state index is 0.0212. The Balaban J connectivity index is 1.52. The quantitative estimate of drug-likeness (QED) is 0.741. The molecule has 2 aliphatic heterocycles. The van der Waals surface area contributed by atoms with Crippen molar-refractivity contribution >= 4 is 35.2 Å². The monoisotopic (exact) mass is 410 g/mol. The van der Waals surface area contributed by atoms with E-state index in [0.29, 0.717) is 28.6 Å². The van der Waals surface area contributed by atoms with Gasteiger partial charge in [-0.15, -0.1) is 0 Å². The number of nitrogens with zero attached hydrogens (tertiary/aromatic N) is 1. The van der Waals surface area contributed by atoms with Crippen molar-refractivity contribution in [1.29, 1.82) is 0 Å². The van der Waals surface area contributed by atoms with Gasteiger partial charge < -0.3 is 15.0 Å². The highest BCUT2D eigenvalue weighted by Gasteiger charge is 2.31. The number of rotatable bonds is 3. The van der Waals surface area contributed by atoms with E-state index in [1.54, 1.807) is 30.3 Å². The fraction of sp³-hybridized carbons (Fsp3) is 0.304. The Bertz CT molecular complexity index is 957. The van der Waals surface area contributed by atoms with Crippen LogP contribution in [0.4, 0.5) is 5.69 Å². The summed E-state index contributed by atoms with van der Waals surface area (Å²) in [6, 6.07) is 12.8. The molecule has 0 bridgehead atoms. The summed E-state index contributed by atoms with van der Waals surface area (Å²) >= 11 is 6.11. The van der Waals surface area contributed by atoms with E-state index in [1.807, 2.05) is 23.1 Å². The van der Waals surface area contributed by atoms with Crippen LogP contribution in [0.2, 0.25) is 5.02 Å². The van der Waals surface area contributed by atoms with Gasteiger partial charge >= 0.3 is 0 Å². The number of carbonyl (C=O) groups is 2. The summed E-state index contributed by atoms with van der Waals surface area (Å²) in [6.07, 6.45) is 7.15. The number of benzene rings is 2. The lowest BCUT2D eigenvalue weighted by Crippen LogP contribution is -2.45. The molecule has 0 aromatic heterocycles. The molecule has 5 nitrogen and oxygen atoms in total. The zero-order chi connectivity index (χ0) is 20.2. The summed E-state index contributed by atoms with van der Waals surface area (Å²) in [5.41, 5.74) is 1.83. The SMILES string of the molecule is O=C(/C=C/c1ccccc1Cl)Nc1ccc2c(c1)C(=O)N1CCCCC1CCO2. The first-order chi connectivity index (χ1) is 14.1. The van der Waals surface area contributed by atoms with E-state index in [-0.39, 0.29) is 17.9 Å². The molecule has 0 spiro atoms. The Morgan fingerprint density at radius 1 is 1.17 bits per heavy atom. The van der Waals surface area contributed by atoms with E-state index in [0.717, 1.165) is 37.8 Å². The summed E-state index contributed by atoms with van der Waals surface area (Å²) in [4.78, 5) is 27.4. The van der Waals surface area contributed by atoms with E-state index >= 15 is 0 Å². The molecule has 6 heteroatoms. The lowest BCUT2D eigenvalue weighted by atomic mass is 9.97. The normalized spacial score (nSPS) is 19.0. The molecule has 2 aromatic carbocycles. The molecule has 1 saturated heterocycles. The molecular weight excluding hydrogens is 388 g/mol. The Hall–Kier alpha value is -2.79. The van der Waals surface area contributed by atoms with Gasteiger partial charge in [-0.25, -0.2) is 0 Å². The molecule has 0 radical (unpaired) electrons. The summed E-state index contributed by atoms with van der Waals surface area (Å²) in [7, 11) is 0. The van der Waals surface area contributed by atoms with Crippen LogP contribution in [0.3, 0.4) is 0 Å². The number of piperidine rings is 1. The molecule has 1 N–H and O–H groups in total. The molecule has 1 atom stereocenters. The third kappa shape index (κ3) is 4.46. The van der Waals surface area contributed by atoms with E-state index in [1.165, 1.54) is 6.08 Å². The van der Waals surface area contributed by atoms with Crippen molar-refractivity contribution in [2.45, 2.75) is 31.7 Å². The third-order valence-electron chi connectivity index (χ3n) is 5.39. The molecule has 1 unspecified atom stereocenters. The number of fused-ring (bicyclic) bond motifs is 2. The van der Waals surface area contributed by atoms with Crippen molar-refractivity contribution in [1.82, 2.24) is 4.90 Å². The van der Waals surface area contributed by atoms with Gasteiger partial charge in [-0.2, -0.15) is 0 Å². The molecule has 2 heterocycles. The molecule has 4 rings (SSSR count). The Morgan fingerprint density at radius 2 is 2.03 bits per heavy atom. The first kappa shape index (κ1) is 19.5. The van der Waals surface area contributed by atoms with Crippen molar-refractivity contribution < 1.29 is 14.3 Å². The minimum Gasteiger partial charge on any atom is -0.493 e. The van der Waals surface area contributed by atoms with Crippen molar-refractivity contribution in [2.24, 2.45) is 0 Å². The largest absolute Gasteiger partial charge is 0.493 e. The van der Waals surface area contributed by atoms with Crippen LogP contribution in [0.25, 0.3) is 6.08 Å². The number of ether oxygens (including phenoxy) is 1. The van der Waals surface area contributed by atoms with Crippen LogP contribution in [0.1, 0.15) is 41.6 Å². The highest BCUT2D eigenvalue weighted by molar-refractivity contribution is 6.32. The van der Waals surface area contributed by atoms with Gasteiger partial charge in [-0.05, 0) is 55.2 Å². The zero-order valence-electron chi connectivity index (χ0n) is 16.1. The number of halogens is 1. The van der Waals surface area contributed by atoms with Gasteiger partial charge in [0.15, 0.2) is 0 Å². The lowest BCUT2D eigenvalue weighted by molar-refractivity contribution is -0.111. The summed E-state index contributed by atoms with van der Waals surface area (Å²) in [6.45, 7) is 1.37. The molecule has 150 valence electrons. The summed E-state index contributed by atoms with van der Waals surface area (Å²) in [5.74, 6) is 0.260. The third-order valence-corrected chi connectivity index (χ3v) is 5.74. The Labute approximate surface area is 175 Å². The highest BCUT2D eigenvalue weighted by Crippen LogP contribution is 2.31. The molecule has 2 aliphatic rings. The molecule has 1 fully saturated rings. The minimum atomic E-state index is -0.292. The molecule has 2 aromatic rings. The van der Waals surface area contributed by atoms with Gasteiger partial charge in [0, 0.05) is 35.8 Å². The summed E-state index contributed by atoms with van der Waals surface area (Å²) in [5, 5.41) is 3.40. The van der Waals surface area contributed by atoms with Crippen LogP contribution in [0.15, 0.2) is 48.5 Å². The Kier molecular flexibility index (Phi) is 5.86. The fourth-order valence-corrected chi connectivity index (χ4v) is 4.09. The molecule has 2 amide bonds.